The maximum absolute atomic E-state index is 12.3. The number of anilines is 1. The standard InChI is InChI=1S/C18H15NO4S/c1-14-9-11-17(12-10-14)24(22,23)19-16-7-4-6-15(13-16)5-2-3-8-18(20)21/h3-4,6-13,19H,1H3,(H,20,21)/b8-3+. The third-order valence-corrected chi connectivity index (χ3v) is 4.37. The van der Waals surface area contributed by atoms with Crippen LogP contribution in [0.1, 0.15) is 11.1 Å². The van der Waals surface area contributed by atoms with Gasteiger partial charge in [0.05, 0.1) is 10.6 Å². The molecular weight excluding hydrogens is 326 g/mol. The lowest BCUT2D eigenvalue weighted by Gasteiger charge is -2.08. The van der Waals surface area contributed by atoms with Crippen LogP contribution in [0.25, 0.3) is 0 Å². The number of hydrogen-bond acceptors (Lipinski definition) is 3. The number of benzene rings is 2. The van der Waals surface area contributed by atoms with Gasteiger partial charge in [-0.15, -0.1) is 0 Å². The van der Waals surface area contributed by atoms with Crippen molar-refractivity contribution in [1.29, 1.82) is 0 Å². The Morgan fingerprint density at radius 3 is 2.54 bits per heavy atom. The molecule has 2 N–H and O–H groups in total. The number of allylic oxidation sites excluding steroid dienone is 1. The molecule has 2 aromatic carbocycles. The van der Waals surface area contributed by atoms with Gasteiger partial charge in [0.15, 0.2) is 0 Å². The molecule has 0 unspecified atom stereocenters. The van der Waals surface area contributed by atoms with E-state index in [-0.39, 0.29) is 4.90 Å². The second-order valence-electron chi connectivity index (χ2n) is 4.94. The Morgan fingerprint density at radius 1 is 1.17 bits per heavy atom. The third kappa shape index (κ3) is 5.00. The molecule has 0 aliphatic carbocycles. The normalized spacial score (nSPS) is 10.9. The molecule has 122 valence electrons. The summed E-state index contributed by atoms with van der Waals surface area (Å²) < 4.78 is 27.2. The highest BCUT2D eigenvalue weighted by atomic mass is 32.2. The fraction of sp³-hybridized carbons (Fsp3) is 0.0556. The van der Waals surface area contributed by atoms with Crippen molar-refractivity contribution in [3.63, 3.8) is 0 Å². The summed E-state index contributed by atoms with van der Waals surface area (Å²) in [6, 6.07) is 13.1. The van der Waals surface area contributed by atoms with Crippen LogP contribution in [0.4, 0.5) is 5.69 Å². The Bertz CT molecular complexity index is 933. The monoisotopic (exact) mass is 341 g/mol. The van der Waals surface area contributed by atoms with Gasteiger partial charge in [-0.05, 0) is 43.3 Å². The SMILES string of the molecule is Cc1ccc(S(=O)(=O)Nc2cccc(C#C/C=C/C(=O)O)c2)cc1. The predicted molar refractivity (Wildman–Crippen MR) is 92.1 cm³/mol. The third-order valence-electron chi connectivity index (χ3n) is 2.97. The molecule has 0 saturated heterocycles. The minimum Gasteiger partial charge on any atom is -0.478 e. The summed E-state index contributed by atoms with van der Waals surface area (Å²) >= 11 is 0. The lowest BCUT2D eigenvalue weighted by molar-refractivity contribution is -0.131. The van der Waals surface area contributed by atoms with Gasteiger partial charge in [-0.25, -0.2) is 13.2 Å². The molecular formula is C18H15NO4S. The van der Waals surface area contributed by atoms with E-state index < -0.39 is 16.0 Å². The van der Waals surface area contributed by atoms with Gasteiger partial charge in [-0.3, -0.25) is 4.72 Å². The fourth-order valence-corrected chi connectivity index (χ4v) is 2.88. The molecule has 0 radical (unpaired) electrons. The molecule has 0 aliphatic heterocycles. The van der Waals surface area contributed by atoms with Crippen molar-refractivity contribution in [2.24, 2.45) is 0 Å². The van der Waals surface area contributed by atoms with Crippen molar-refractivity contribution in [3.05, 3.63) is 71.8 Å². The predicted octanol–water partition coefficient (Wildman–Crippen LogP) is 2.79. The molecule has 0 bridgehead atoms. The van der Waals surface area contributed by atoms with E-state index in [4.69, 9.17) is 5.11 Å². The molecule has 0 heterocycles. The second kappa shape index (κ2) is 7.49. The molecule has 0 spiro atoms. The number of sulfonamides is 1. The first kappa shape index (κ1) is 17.3. The van der Waals surface area contributed by atoms with Gasteiger partial charge >= 0.3 is 5.97 Å². The Kier molecular flexibility index (Phi) is 5.40. The molecule has 6 heteroatoms. The van der Waals surface area contributed by atoms with Crippen LogP contribution in [0.2, 0.25) is 0 Å². The Hall–Kier alpha value is -3.04. The first-order valence-electron chi connectivity index (χ1n) is 6.97. The quantitative estimate of drug-likeness (QED) is 0.662. The highest BCUT2D eigenvalue weighted by Gasteiger charge is 2.13. The number of carboxylic acids is 1. The molecule has 0 atom stereocenters. The van der Waals surface area contributed by atoms with Gasteiger partial charge in [-0.1, -0.05) is 35.6 Å². The smallest absolute Gasteiger partial charge is 0.328 e. The van der Waals surface area contributed by atoms with Crippen LogP contribution >= 0.6 is 0 Å². The minimum absolute atomic E-state index is 0.175. The van der Waals surface area contributed by atoms with E-state index in [0.29, 0.717) is 11.3 Å². The average molecular weight is 341 g/mol. The summed E-state index contributed by atoms with van der Waals surface area (Å²) in [5.41, 5.74) is 1.92. The maximum Gasteiger partial charge on any atom is 0.328 e. The summed E-state index contributed by atoms with van der Waals surface area (Å²) in [4.78, 5) is 10.5. The van der Waals surface area contributed by atoms with Crippen molar-refractivity contribution < 1.29 is 18.3 Å². The van der Waals surface area contributed by atoms with E-state index in [0.717, 1.165) is 11.6 Å². The summed E-state index contributed by atoms with van der Waals surface area (Å²) in [7, 11) is -3.67. The number of aryl methyl sites for hydroxylation is 1. The summed E-state index contributed by atoms with van der Waals surface area (Å²) in [5.74, 6) is 4.23. The van der Waals surface area contributed by atoms with Gasteiger partial charge in [0.1, 0.15) is 0 Å². The number of hydrogen-bond donors (Lipinski definition) is 2. The lowest BCUT2D eigenvalue weighted by Crippen LogP contribution is -2.12. The van der Waals surface area contributed by atoms with Crippen LogP contribution in [-0.2, 0) is 14.8 Å². The average Bonchev–Trinajstić information content (AvgIpc) is 2.52. The zero-order valence-electron chi connectivity index (χ0n) is 12.9. The van der Waals surface area contributed by atoms with Crippen molar-refractivity contribution in [3.8, 4) is 11.8 Å². The summed E-state index contributed by atoms with van der Waals surface area (Å²) in [6.07, 6.45) is 2.14. The minimum atomic E-state index is -3.67. The van der Waals surface area contributed by atoms with E-state index >= 15 is 0 Å². The number of carboxylic acid groups (broad SMARTS) is 1. The van der Waals surface area contributed by atoms with Gasteiger partial charge in [0.25, 0.3) is 10.0 Å². The zero-order chi connectivity index (χ0) is 17.6. The topological polar surface area (TPSA) is 83.5 Å². The molecule has 0 fully saturated rings. The Morgan fingerprint density at radius 2 is 1.88 bits per heavy atom. The molecule has 0 aliphatic rings. The van der Waals surface area contributed by atoms with E-state index in [1.807, 2.05) is 6.92 Å². The molecule has 0 saturated carbocycles. The van der Waals surface area contributed by atoms with Gasteiger partial charge < -0.3 is 5.11 Å². The molecule has 2 rings (SSSR count). The molecule has 0 amide bonds. The van der Waals surface area contributed by atoms with Gasteiger partial charge in [0, 0.05) is 11.6 Å². The first-order chi connectivity index (χ1) is 11.4. The highest BCUT2D eigenvalue weighted by Crippen LogP contribution is 2.17. The van der Waals surface area contributed by atoms with Crippen LogP contribution in [-0.4, -0.2) is 19.5 Å². The van der Waals surface area contributed by atoms with Crippen molar-refractivity contribution in [1.82, 2.24) is 0 Å². The van der Waals surface area contributed by atoms with E-state index in [2.05, 4.69) is 16.6 Å². The molecule has 5 nitrogen and oxygen atoms in total. The van der Waals surface area contributed by atoms with Crippen LogP contribution in [0.5, 0.6) is 0 Å². The van der Waals surface area contributed by atoms with Crippen molar-refractivity contribution >= 4 is 21.7 Å². The maximum atomic E-state index is 12.3. The molecule has 24 heavy (non-hydrogen) atoms. The number of rotatable bonds is 4. The largest absolute Gasteiger partial charge is 0.478 e. The fourth-order valence-electron chi connectivity index (χ4n) is 1.83. The number of nitrogens with one attached hydrogen (secondary N) is 1. The lowest BCUT2D eigenvalue weighted by atomic mass is 10.2. The second-order valence-corrected chi connectivity index (χ2v) is 6.62. The van der Waals surface area contributed by atoms with Crippen LogP contribution in [0, 0.1) is 18.8 Å². The first-order valence-corrected chi connectivity index (χ1v) is 8.46. The summed E-state index contributed by atoms with van der Waals surface area (Å²) in [6.45, 7) is 1.88. The van der Waals surface area contributed by atoms with Crippen molar-refractivity contribution in [2.75, 3.05) is 4.72 Å². The number of aliphatic carboxylic acids is 1. The van der Waals surface area contributed by atoms with E-state index in [1.165, 1.54) is 18.2 Å². The summed E-state index contributed by atoms with van der Waals surface area (Å²) in [5, 5.41) is 8.48. The molecule has 2 aromatic rings. The highest BCUT2D eigenvalue weighted by molar-refractivity contribution is 7.92. The van der Waals surface area contributed by atoms with Crippen molar-refractivity contribution in [2.45, 2.75) is 11.8 Å². The van der Waals surface area contributed by atoms with Crippen LogP contribution < -0.4 is 4.72 Å². The van der Waals surface area contributed by atoms with Gasteiger partial charge in [-0.2, -0.15) is 0 Å². The van der Waals surface area contributed by atoms with E-state index in [9.17, 15) is 13.2 Å². The Labute approximate surface area is 140 Å². The van der Waals surface area contributed by atoms with Crippen LogP contribution in [0.15, 0.2) is 65.6 Å². The van der Waals surface area contributed by atoms with Gasteiger partial charge in [0.2, 0.25) is 0 Å². The van der Waals surface area contributed by atoms with E-state index in [1.54, 1.807) is 36.4 Å². The Balaban J connectivity index is 2.20. The zero-order valence-corrected chi connectivity index (χ0v) is 13.7. The number of carbonyl (C=O) groups is 1. The van der Waals surface area contributed by atoms with Crippen LogP contribution in [0.3, 0.4) is 0 Å². The molecule has 0 aromatic heterocycles.